The summed E-state index contributed by atoms with van der Waals surface area (Å²) in [6, 6.07) is 18.0. The summed E-state index contributed by atoms with van der Waals surface area (Å²) >= 11 is 0. The fourth-order valence-corrected chi connectivity index (χ4v) is 3.11. The van der Waals surface area contributed by atoms with Crippen LogP contribution < -0.4 is 19.7 Å². The number of hydrogen-bond donors (Lipinski definition) is 1. The second-order valence-electron chi connectivity index (χ2n) is 6.52. The topological polar surface area (TPSA) is 59.5 Å². The van der Waals surface area contributed by atoms with Crippen LogP contribution in [-0.4, -0.2) is 37.3 Å². The predicted molar refractivity (Wildman–Crippen MR) is 118 cm³/mol. The molecule has 6 heteroatoms. The molecule has 0 saturated heterocycles. The van der Waals surface area contributed by atoms with E-state index in [0.29, 0.717) is 18.0 Å². The molecule has 0 amide bonds. The number of benzene rings is 2. The number of rotatable bonds is 9. The van der Waals surface area contributed by atoms with Gasteiger partial charge >= 0.3 is 0 Å². The number of anilines is 2. The van der Waals surface area contributed by atoms with Gasteiger partial charge in [-0.25, -0.2) is 4.98 Å². The molecule has 0 unspecified atom stereocenters. The van der Waals surface area contributed by atoms with Gasteiger partial charge in [-0.15, -0.1) is 0 Å². The lowest BCUT2D eigenvalue weighted by atomic mass is 10.1. The van der Waals surface area contributed by atoms with Crippen molar-refractivity contribution >= 4 is 11.8 Å². The summed E-state index contributed by atoms with van der Waals surface area (Å²) in [5, 5.41) is 3.43. The summed E-state index contributed by atoms with van der Waals surface area (Å²) in [5.74, 6) is 2.94. The average Bonchev–Trinajstić information content (AvgIpc) is 2.78. The van der Waals surface area contributed by atoms with Gasteiger partial charge in [-0.2, -0.15) is 4.98 Å². The van der Waals surface area contributed by atoms with Crippen LogP contribution in [0.2, 0.25) is 0 Å². The van der Waals surface area contributed by atoms with E-state index >= 15 is 0 Å². The van der Waals surface area contributed by atoms with Gasteiger partial charge < -0.3 is 19.7 Å². The molecule has 0 radical (unpaired) electrons. The van der Waals surface area contributed by atoms with Gasteiger partial charge in [0.15, 0.2) is 11.5 Å². The fourth-order valence-electron chi connectivity index (χ4n) is 3.11. The third kappa shape index (κ3) is 4.96. The van der Waals surface area contributed by atoms with E-state index in [9.17, 15) is 0 Å². The van der Waals surface area contributed by atoms with Gasteiger partial charge in [-0.1, -0.05) is 36.4 Å². The van der Waals surface area contributed by atoms with Crippen molar-refractivity contribution in [2.75, 3.05) is 37.5 Å². The molecule has 0 bridgehead atoms. The Morgan fingerprint density at radius 2 is 1.59 bits per heavy atom. The maximum absolute atomic E-state index is 5.40. The molecule has 0 aliphatic rings. The molecule has 3 aromatic rings. The number of nitrogens with zero attached hydrogens (tertiary/aromatic N) is 3. The first-order valence-corrected chi connectivity index (χ1v) is 9.82. The normalized spacial score (nSPS) is 10.5. The largest absolute Gasteiger partial charge is 0.493 e. The second kappa shape index (κ2) is 9.78. The van der Waals surface area contributed by atoms with Gasteiger partial charge in [0, 0.05) is 31.3 Å². The lowest BCUT2D eigenvalue weighted by Crippen LogP contribution is -2.24. The van der Waals surface area contributed by atoms with Gasteiger partial charge in [0.1, 0.15) is 5.82 Å². The third-order valence-electron chi connectivity index (χ3n) is 4.75. The average molecular weight is 393 g/mol. The molecule has 3 rings (SSSR count). The Labute approximate surface area is 172 Å². The molecule has 0 fully saturated rings. The smallest absolute Gasteiger partial charge is 0.227 e. The molecule has 1 N–H and O–H groups in total. The first kappa shape index (κ1) is 20.5. The maximum atomic E-state index is 5.40. The third-order valence-corrected chi connectivity index (χ3v) is 4.75. The molecule has 29 heavy (non-hydrogen) atoms. The molecular weight excluding hydrogens is 364 g/mol. The van der Waals surface area contributed by atoms with Crippen LogP contribution >= 0.6 is 0 Å². The number of nitrogens with one attached hydrogen (secondary N) is 1. The second-order valence-corrected chi connectivity index (χ2v) is 6.52. The van der Waals surface area contributed by atoms with E-state index in [4.69, 9.17) is 19.4 Å². The van der Waals surface area contributed by atoms with E-state index in [1.54, 1.807) is 14.2 Å². The van der Waals surface area contributed by atoms with Gasteiger partial charge in [0.2, 0.25) is 5.95 Å². The SMILES string of the molecule is CCN(CC)c1nc(NCc2ccc(OC)c(OC)c2)cc(-c2ccccc2)n1. The van der Waals surface area contributed by atoms with Crippen molar-refractivity contribution in [3.05, 3.63) is 60.2 Å². The Bertz CT molecular complexity index is 927. The Morgan fingerprint density at radius 1 is 0.862 bits per heavy atom. The van der Waals surface area contributed by atoms with E-state index in [1.807, 2.05) is 42.5 Å². The van der Waals surface area contributed by atoms with Crippen molar-refractivity contribution in [3.63, 3.8) is 0 Å². The Morgan fingerprint density at radius 3 is 2.24 bits per heavy atom. The highest BCUT2D eigenvalue weighted by atomic mass is 16.5. The van der Waals surface area contributed by atoms with Crippen LogP contribution in [0.25, 0.3) is 11.3 Å². The maximum Gasteiger partial charge on any atom is 0.227 e. The van der Waals surface area contributed by atoms with Crippen molar-refractivity contribution in [1.82, 2.24) is 9.97 Å². The van der Waals surface area contributed by atoms with Crippen molar-refractivity contribution in [2.24, 2.45) is 0 Å². The van der Waals surface area contributed by atoms with Crippen molar-refractivity contribution in [1.29, 1.82) is 0 Å². The molecule has 1 heterocycles. The summed E-state index contributed by atoms with van der Waals surface area (Å²) < 4.78 is 10.7. The molecule has 152 valence electrons. The molecule has 0 aliphatic carbocycles. The fraction of sp³-hybridized carbons (Fsp3) is 0.304. The number of aromatic nitrogens is 2. The Hall–Kier alpha value is -3.28. The molecule has 1 aromatic heterocycles. The van der Waals surface area contributed by atoms with Crippen molar-refractivity contribution in [3.8, 4) is 22.8 Å². The zero-order valence-corrected chi connectivity index (χ0v) is 17.5. The number of methoxy groups -OCH3 is 2. The molecule has 6 nitrogen and oxygen atoms in total. The molecule has 0 saturated carbocycles. The summed E-state index contributed by atoms with van der Waals surface area (Å²) in [4.78, 5) is 11.7. The van der Waals surface area contributed by atoms with Crippen LogP contribution in [-0.2, 0) is 6.54 Å². The minimum atomic E-state index is 0.614. The zero-order valence-electron chi connectivity index (χ0n) is 17.5. The lowest BCUT2D eigenvalue weighted by Gasteiger charge is -2.20. The van der Waals surface area contributed by atoms with E-state index in [2.05, 4.69) is 36.2 Å². The lowest BCUT2D eigenvalue weighted by molar-refractivity contribution is 0.354. The highest BCUT2D eigenvalue weighted by molar-refractivity contribution is 5.64. The summed E-state index contributed by atoms with van der Waals surface area (Å²) in [5.41, 5.74) is 3.04. The van der Waals surface area contributed by atoms with E-state index in [1.165, 1.54) is 0 Å². The van der Waals surface area contributed by atoms with E-state index in [-0.39, 0.29) is 0 Å². The quantitative estimate of drug-likeness (QED) is 0.573. The Kier molecular flexibility index (Phi) is 6.89. The van der Waals surface area contributed by atoms with Gasteiger partial charge in [-0.3, -0.25) is 0 Å². The first-order chi connectivity index (χ1) is 14.2. The highest BCUT2D eigenvalue weighted by Gasteiger charge is 2.11. The van der Waals surface area contributed by atoms with Crippen LogP contribution in [0.5, 0.6) is 11.5 Å². The number of ether oxygens (including phenoxy) is 2. The van der Waals surface area contributed by atoms with Crippen LogP contribution in [0.4, 0.5) is 11.8 Å². The molecular formula is C23H28N4O2. The molecule has 0 atom stereocenters. The highest BCUT2D eigenvalue weighted by Crippen LogP contribution is 2.28. The van der Waals surface area contributed by atoms with Crippen LogP contribution in [0.3, 0.4) is 0 Å². The van der Waals surface area contributed by atoms with Crippen LogP contribution in [0.1, 0.15) is 19.4 Å². The zero-order chi connectivity index (χ0) is 20.6. The number of hydrogen-bond acceptors (Lipinski definition) is 6. The van der Waals surface area contributed by atoms with Crippen LogP contribution in [0.15, 0.2) is 54.6 Å². The Balaban J connectivity index is 1.89. The van der Waals surface area contributed by atoms with Gasteiger partial charge in [0.25, 0.3) is 0 Å². The summed E-state index contributed by atoms with van der Waals surface area (Å²) in [6.45, 7) is 6.54. The summed E-state index contributed by atoms with van der Waals surface area (Å²) in [7, 11) is 3.28. The predicted octanol–water partition coefficient (Wildman–Crippen LogP) is 4.62. The molecule has 0 aliphatic heterocycles. The standard InChI is InChI=1S/C23H28N4O2/c1-5-27(6-2)23-25-19(18-10-8-7-9-11-18)15-22(26-23)24-16-17-12-13-20(28-3)21(14-17)29-4/h7-15H,5-6,16H2,1-4H3,(H,24,25,26). The van der Waals surface area contributed by atoms with E-state index < -0.39 is 0 Å². The minimum absolute atomic E-state index is 0.614. The van der Waals surface area contributed by atoms with Crippen molar-refractivity contribution < 1.29 is 9.47 Å². The van der Waals surface area contributed by atoms with Gasteiger partial charge in [-0.05, 0) is 31.5 Å². The first-order valence-electron chi connectivity index (χ1n) is 9.82. The molecule has 2 aromatic carbocycles. The van der Waals surface area contributed by atoms with Gasteiger partial charge in [0.05, 0.1) is 19.9 Å². The van der Waals surface area contributed by atoms with Crippen LogP contribution in [0, 0.1) is 0 Å². The monoisotopic (exact) mass is 392 g/mol. The summed E-state index contributed by atoms with van der Waals surface area (Å²) in [6.07, 6.45) is 0. The van der Waals surface area contributed by atoms with E-state index in [0.717, 1.165) is 41.7 Å². The van der Waals surface area contributed by atoms with Crippen molar-refractivity contribution in [2.45, 2.75) is 20.4 Å². The minimum Gasteiger partial charge on any atom is -0.493 e. The molecule has 0 spiro atoms.